The molecule has 1 N–H and O–H groups in total. The first-order chi connectivity index (χ1) is 9.01. The zero-order valence-corrected chi connectivity index (χ0v) is 11.0. The quantitative estimate of drug-likeness (QED) is 0.902. The fourth-order valence-corrected chi connectivity index (χ4v) is 2.54. The van der Waals surface area contributed by atoms with Gasteiger partial charge < -0.3 is 10.2 Å². The van der Waals surface area contributed by atoms with Gasteiger partial charge in [-0.3, -0.25) is 0 Å². The lowest BCUT2D eigenvalue weighted by Crippen LogP contribution is -2.41. The van der Waals surface area contributed by atoms with Gasteiger partial charge in [-0.2, -0.15) is 13.2 Å². The van der Waals surface area contributed by atoms with Gasteiger partial charge in [0.2, 0.25) is 0 Å². The molecule has 0 aliphatic carbocycles. The zero-order chi connectivity index (χ0) is 13.9. The Morgan fingerprint density at radius 1 is 1.32 bits per heavy atom. The molecule has 0 fully saturated rings. The van der Waals surface area contributed by atoms with E-state index >= 15 is 0 Å². The summed E-state index contributed by atoms with van der Waals surface area (Å²) in [4.78, 5) is 1.43. The number of para-hydroxylation sites is 1. The first-order valence-corrected chi connectivity index (χ1v) is 6.65. The summed E-state index contributed by atoms with van der Waals surface area (Å²) in [6.45, 7) is 2.54. The Morgan fingerprint density at radius 2 is 2.05 bits per heavy atom. The maximum Gasteiger partial charge on any atom is 0.405 e. The van der Waals surface area contributed by atoms with Gasteiger partial charge in [-0.15, -0.1) is 0 Å². The van der Waals surface area contributed by atoms with Crippen LogP contribution in [0.15, 0.2) is 24.3 Å². The van der Waals surface area contributed by atoms with Crippen LogP contribution in [0, 0.1) is 0 Å². The summed E-state index contributed by atoms with van der Waals surface area (Å²) >= 11 is 0. The van der Waals surface area contributed by atoms with Crippen LogP contribution in [0.25, 0.3) is 0 Å². The smallest absolute Gasteiger partial charge is 0.362 e. The van der Waals surface area contributed by atoms with Gasteiger partial charge in [0, 0.05) is 18.3 Å². The summed E-state index contributed by atoms with van der Waals surface area (Å²) in [5.41, 5.74) is 1.69. The first-order valence-electron chi connectivity index (χ1n) is 6.65. The highest BCUT2D eigenvalue weighted by atomic mass is 19.4. The summed E-state index contributed by atoms with van der Waals surface area (Å²) in [6, 6.07) is 7.55. The van der Waals surface area contributed by atoms with E-state index in [0.29, 0.717) is 18.7 Å². The predicted molar refractivity (Wildman–Crippen MR) is 70.4 cm³/mol. The third-order valence-corrected chi connectivity index (χ3v) is 3.35. The number of nitrogens with one attached hydrogen (secondary N) is 1. The number of rotatable bonds is 4. The van der Waals surface area contributed by atoms with E-state index in [1.807, 2.05) is 12.1 Å². The number of fused-ring (bicyclic) bond motifs is 1. The van der Waals surface area contributed by atoms with Gasteiger partial charge in [-0.1, -0.05) is 25.1 Å². The molecule has 19 heavy (non-hydrogen) atoms. The molecule has 1 atom stereocenters. The highest BCUT2D eigenvalue weighted by Gasteiger charge is 2.34. The van der Waals surface area contributed by atoms with Crippen molar-refractivity contribution in [2.24, 2.45) is 0 Å². The van der Waals surface area contributed by atoms with Gasteiger partial charge >= 0.3 is 6.18 Å². The van der Waals surface area contributed by atoms with Crippen molar-refractivity contribution in [1.82, 2.24) is 5.32 Å². The maximum atomic E-state index is 12.6. The SMILES string of the molecule is CCCNC1CCN(CC(F)(F)F)c2ccccc21. The number of benzene rings is 1. The average molecular weight is 272 g/mol. The molecule has 0 bridgehead atoms. The summed E-state index contributed by atoms with van der Waals surface area (Å²) in [7, 11) is 0. The lowest BCUT2D eigenvalue weighted by molar-refractivity contribution is -0.119. The Kier molecular flexibility index (Phi) is 4.34. The Morgan fingerprint density at radius 3 is 2.74 bits per heavy atom. The lowest BCUT2D eigenvalue weighted by Gasteiger charge is -2.36. The molecule has 1 aromatic carbocycles. The lowest BCUT2D eigenvalue weighted by atomic mass is 9.96. The van der Waals surface area contributed by atoms with Crippen LogP contribution >= 0.6 is 0 Å². The van der Waals surface area contributed by atoms with Crippen LogP contribution in [0.3, 0.4) is 0 Å². The van der Waals surface area contributed by atoms with E-state index in [1.54, 1.807) is 12.1 Å². The third kappa shape index (κ3) is 3.62. The molecule has 106 valence electrons. The third-order valence-electron chi connectivity index (χ3n) is 3.35. The van der Waals surface area contributed by atoms with Crippen molar-refractivity contribution in [3.05, 3.63) is 29.8 Å². The number of anilines is 1. The monoisotopic (exact) mass is 272 g/mol. The van der Waals surface area contributed by atoms with Crippen molar-refractivity contribution in [3.8, 4) is 0 Å². The molecule has 1 aliphatic rings. The molecule has 0 saturated carbocycles. The van der Waals surface area contributed by atoms with Crippen LogP contribution in [-0.2, 0) is 0 Å². The minimum atomic E-state index is -4.16. The highest BCUT2D eigenvalue weighted by Crippen LogP contribution is 2.35. The molecule has 2 rings (SSSR count). The van der Waals surface area contributed by atoms with Crippen LogP contribution in [0.4, 0.5) is 18.9 Å². The summed E-state index contributed by atoms with van der Waals surface area (Å²) in [5.74, 6) is 0. The van der Waals surface area contributed by atoms with Crippen LogP contribution in [0.1, 0.15) is 31.4 Å². The zero-order valence-electron chi connectivity index (χ0n) is 11.0. The molecule has 2 nitrogen and oxygen atoms in total. The van der Waals surface area contributed by atoms with E-state index < -0.39 is 12.7 Å². The maximum absolute atomic E-state index is 12.6. The van der Waals surface area contributed by atoms with E-state index in [4.69, 9.17) is 0 Å². The largest absolute Gasteiger partial charge is 0.405 e. The Labute approximate surface area is 111 Å². The highest BCUT2D eigenvalue weighted by molar-refractivity contribution is 5.57. The summed E-state index contributed by atoms with van der Waals surface area (Å²) in [6.07, 6.45) is -2.42. The van der Waals surface area contributed by atoms with Crippen molar-refractivity contribution in [2.75, 3.05) is 24.5 Å². The number of halogens is 3. The van der Waals surface area contributed by atoms with Gasteiger partial charge in [-0.25, -0.2) is 0 Å². The molecular formula is C14H19F3N2. The number of hydrogen-bond acceptors (Lipinski definition) is 2. The second kappa shape index (κ2) is 5.82. The van der Waals surface area contributed by atoms with E-state index in [0.717, 1.165) is 18.5 Å². The van der Waals surface area contributed by atoms with Crippen molar-refractivity contribution in [1.29, 1.82) is 0 Å². The topological polar surface area (TPSA) is 15.3 Å². The van der Waals surface area contributed by atoms with Gasteiger partial charge in [0.1, 0.15) is 6.54 Å². The van der Waals surface area contributed by atoms with Crippen molar-refractivity contribution < 1.29 is 13.2 Å². The molecule has 0 amide bonds. The number of hydrogen-bond donors (Lipinski definition) is 1. The molecule has 0 radical (unpaired) electrons. The first kappa shape index (κ1) is 14.2. The Bertz CT molecular complexity index is 417. The van der Waals surface area contributed by atoms with Gasteiger partial charge in [0.15, 0.2) is 0 Å². The van der Waals surface area contributed by atoms with Crippen LogP contribution < -0.4 is 10.2 Å². The molecule has 0 spiro atoms. The standard InChI is InChI=1S/C14H19F3N2/c1-2-8-18-12-7-9-19(10-14(15,16)17)13-6-4-3-5-11(12)13/h3-6,12,18H,2,7-10H2,1H3. The summed E-state index contributed by atoms with van der Waals surface area (Å²) < 4.78 is 37.7. The van der Waals surface area contributed by atoms with Crippen molar-refractivity contribution >= 4 is 5.69 Å². The molecular weight excluding hydrogens is 253 g/mol. The minimum absolute atomic E-state index is 0.167. The van der Waals surface area contributed by atoms with Crippen LogP contribution in [-0.4, -0.2) is 25.8 Å². The second-order valence-electron chi connectivity index (χ2n) is 4.89. The van der Waals surface area contributed by atoms with Crippen LogP contribution in [0.5, 0.6) is 0 Å². The van der Waals surface area contributed by atoms with Crippen molar-refractivity contribution in [3.63, 3.8) is 0 Å². The van der Waals surface area contributed by atoms with Crippen molar-refractivity contribution in [2.45, 2.75) is 32.0 Å². The van der Waals surface area contributed by atoms with Gasteiger partial charge in [0.05, 0.1) is 0 Å². The molecule has 1 heterocycles. The van der Waals surface area contributed by atoms with Crippen LogP contribution in [0.2, 0.25) is 0 Å². The van der Waals surface area contributed by atoms with Gasteiger partial charge in [0.25, 0.3) is 0 Å². The molecule has 1 unspecified atom stereocenters. The average Bonchev–Trinajstić information content (AvgIpc) is 2.36. The van der Waals surface area contributed by atoms with E-state index in [9.17, 15) is 13.2 Å². The fourth-order valence-electron chi connectivity index (χ4n) is 2.54. The normalized spacial score (nSPS) is 19.4. The van der Waals surface area contributed by atoms with E-state index in [-0.39, 0.29) is 6.04 Å². The predicted octanol–water partition coefficient (Wildman–Crippen LogP) is 3.50. The fraction of sp³-hybridized carbons (Fsp3) is 0.571. The summed E-state index contributed by atoms with van der Waals surface area (Å²) in [5, 5.41) is 3.40. The Balaban J connectivity index is 2.19. The van der Waals surface area contributed by atoms with E-state index in [2.05, 4.69) is 12.2 Å². The number of alkyl halides is 3. The molecule has 0 aromatic heterocycles. The molecule has 1 aliphatic heterocycles. The van der Waals surface area contributed by atoms with Gasteiger partial charge in [-0.05, 0) is 31.0 Å². The van der Waals surface area contributed by atoms with E-state index in [1.165, 1.54) is 4.90 Å². The minimum Gasteiger partial charge on any atom is -0.362 e. The number of nitrogens with zero attached hydrogens (tertiary/aromatic N) is 1. The Hall–Kier alpha value is -1.23. The molecule has 0 saturated heterocycles. The second-order valence-corrected chi connectivity index (χ2v) is 4.89. The molecule has 1 aromatic rings. The molecule has 5 heteroatoms.